The zero-order chi connectivity index (χ0) is 13.3. The first-order valence-electron chi connectivity index (χ1n) is 7.40. The molecule has 5 rings (SSSR count). The van der Waals surface area contributed by atoms with E-state index in [4.69, 9.17) is 9.31 Å². The third-order valence-electron chi connectivity index (χ3n) is 6.02. The summed E-state index contributed by atoms with van der Waals surface area (Å²) in [5.41, 5.74) is 1.46. The molecule has 3 heteroatoms. The lowest BCUT2D eigenvalue weighted by atomic mass is 9.43. The summed E-state index contributed by atoms with van der Waals surface area (Å²) < 4.78 is 12.6. The zero-order valence-electron chi connectivity index (χ0n) is 11.9. The molecule has 1 saturated heterocycles. The average molecular weight is 256 g/mol. The van der Waals surface area contributed by atoms with E-state index in [2.05, 4.69) is 45.0 Å². The fraction of sp³-hybridized carbons (Fsp3) is 0.625. The summed E-state index contributed by atoms with van der Waals surface area (Å²) in [5.74, 6) is 1.45. The number of hydrogen-bond donors (Lipinski definition) is 0. The van der Waals surface area contributed by atoms with Crippen LogP contribution in [0.15, 0.2) is 30.3 Å². The molecular weight excluding hydrogens is 235 g/mol. The second-order valence-electron chi connectivity index (χ2n) is 7.21. The summed E-state index contributed by atoms with van der Waals surface area (Å²) in [4.78, 5) is 0. The maximum absolute atomic E-state index is 6.40. The van der Waals surface area contributed by atoms with Gasteiger partial charge < -0.3 is 9.31 Å². The van der Waals surface area contributed by atoms with Crippen molar-refractivity contribution in [3.63, 3.8) is 0 Å². The van der Waals surface area contributed by atoms with E-state index in [9.17, 15) is 0 Å². The van der Waals surface area contributed by atoms with Gasteiger partial charge in [0.05, 0.1) is 11.7 Å². The van der Waals surface area contributed by atoms with Crippen LogP contribution in [-0.2, 0) is 9.31 Å². The summed E-state index contributed by atoms with van der Waals surface area (Å²) in [6.45, 7) is 7.06. The molecule has 0 radical (unpaired) electrons. The molecule has 3 aliphatic carbocycles. The van der Waals surface area contributed by atoms with Gasteiger partial charge >= 0.3 is 7.12 Å². The minimum absolute atomic E-state index is 0.0985. The maximum atomic E-state index is 6.40. The van der Waals surface area contributed by atoms with Crippen molar-refractivity contribution in [3.05, 3.63) is 30.3 Å². The standard InChI is InChI=1S/C16H21BO2/c1-15(2)11-9-13(15)16(3)14(10-11)18-17(19-16)12-7-5-4-6-8-12/h4-8,11,13-14H,9-10H2,1-3H3/t11-,13-,14+,16-/m0/s1. The highest BCUT2D eigenvalue weighted by molar-refractivity contribution is 6.62. The van der Waals surface area contributed by atoms with E-state index in [0.717, 1.165) is 17.8 Å². The van der Waals surface area contributed by atoms with Crippen molar-refractivity contribution in [2.75, 3.05) is 0 Å². The van der Waals surface area contributed by atoms with E-state index in [-0.39, 0.29) is 18.8 Å². The highest BCUT2D eigenvalue weighted by Gasteiger charge is 2.67. The molecular formula is C16H21BO2. The van der Waals surface area contributed by atoms with Gasteiger partial charge in [0.1, 0.15) is 0 Å². The van der Waals surface area contributed by atoms with Crippen molar-refractivity contribution >= 4 is 12.6 Å². The lowest BCUT2D eigenvalue weighted by Crippen LogP contribution is -2.65. The first-order chi connectivity index (χ1) is 9.02. The Kier molecular flexibility index (Phi) is 2.30. The molecule has 100 valence electrons. The van der Waals surface area contributed by atoms with Crippen molar-refractivity contribution in [2.45, 2.75) is 45.3 Å². The van der Waals surface area contributed by atoms with E-state index < -0.39 is 0 Å². The second kappa shape index (κ2) is 3.65. The largest absolute Gasteiger partial charge is 0.494 e. The van der Waals surface area contributed by atoms with Crippen molar-refractivity contribution < 1.29 is 9.31 Å². The third kappa shape index (κ3) is 1.46. The van der Waals surface area contributed by atoms with Crippen LogP contribution in [0.1, 0.15) is 33.6 Å². The van der Waals surface area contributed by atoms with Gasteiger partial charge in [-0.05, 0) is 42.5 Å². The van der Waals surface area contributed by atoms with Gasteiger partial charge in [-0.1, -0.05) is 44.2 Å². The van der Waals surface area contributed by atoms with Crippen LogP contribution in [0.4, 0.5) is 0 Å². The van der Waals surface area contributed by atoms with Crippen LogP contribution in [0.25, 0.3) is 0 Å². The Hall–Kier alpha value is -0.795. The topological polar surface area (TPSA) is 18.5 Å². The molecule has 2 nitrogen and oxygen atoms in total. The van der Waals surface area contributed by atoms with Crippen molar-refractivity contribution in [2.24, 2.45) is 17.3 Å². The molecule has 2 bridgehead atoms. The van der Waals surface area contributed by atoms with Crippen LogP contribution in [0.5, 0.6) is 0 Å². The Morgan fingerprint density at radius 2 is 1.84 bits per heavy atom. The van der Waals surface area contributed by atoms with Crippen molar-refractivity contribution in [1.29, 1.82) is 0 Å². The molecule has 0 spiro atoms. The van der Waals surface area contributed by atoms with Crippen LogP contribution in [0.3, 0.4) is 0 Å². The predicted molar refractivity (Wildman–Crippen MR) is 76.2 cm³/mol. The Labute approximate surface area is 115 Å². The number of rotatable bonds is 1. The molecule has 0 aromatic heterocycles. The highest BCUT2D eigenvalue weighted by Crippen LogP contribution is 2.65. The highest BCUT2D eigenvalue weighted by atomic mass is 16.7. The summed E-state index contributed by atoms with van der Waals surface area (Å²) in [6, 6.07) is 10.3. The molecule has 0 amide bonds. The fourth-order valence-corrected chi connectivity index (χ4v) is 4.62. The van der Waals surface area contributed by atoms with Gasteiger partial charge in [-0.3, -0.25) is 0 Å². The Bertz CT molecular complexity index is 501. The predicted octanol–water partition coefficient (Wildman–Crippen LogP) is 2.62. The van der Waals surface area contributed by atoms with Gasteiger partial charge in [-0.15, -0.1) is 0 Å². The maximum Gasteiger partial charge on any atom is 0.494 e. The third-order valence-corrected chi connectivity index (χ3v) is 6.02. The van der Waals surface area contributed by atoms with Crippen LogP contribution in [0.2, 0.25) is 0 Å². The van der Waals surface area contributed by atoms with Crippen LogP contribution in [-0.4, -0.2) is 18.8 Å². The SMILES string of the molecule is CC1(C)[C@@H]2C[C@H]3OB(c4ccccc4)O[C@@]3(C)[C@H]1C2. The molecule has 1 aromatic rings. The first kappa shape index (κ1) is 12.0. The minimum Gasteiger partial charge on any atom is -0.402 e. The van der Waals surface area contributed by atoms with E-state index >= 15 is 0 Å². The van der Waals surface area contributed by atoms with Crippen LogP contribution < -0.4 is 5.46 Å². The molecule has 4 fully saturated rings. The van der Waals surface area contributed by atoms with E-state index in [1.54, 1.807) is 0 Å². The first-order valence-corrected chi connectivity index (χ1v) is 7.40. The molecule has 1 aromatic carbocycles. The Morgan fingerprint density at radius 1 is 1.11 bits per heavy atom. The van der Waals surface area contributed by atoms with E-state index in [0.29, 0.717) is 11.3 Å². The number of hydrogen-bond acceptors (Lipinski definition) is 2. The normalized spacial score (nSPS) is 42.7. The summed E-state index contributed by atoms with van der Waals surface area (Å²) in [6.07, 6.45) is 2.74. The molecule has 4 aliphatic rings. The average Bonchev–Trinajstić information content (AvgIpc) is 2.76. The fourth-order valence-electron chi connectivity index (χ4n) is 4.62. The van der Waals surface area contributed by atoms with E-state index in [1.165, 1.54) is 6.42 Å². The van der Waals surface area contributed by atoms with E-state index in [1.807, 2.05) is 6.07 Å². The molecule has 0 unspecified atom stereocenters. The van der Waals surface area contributed by atoms with Gasteiger partial charge in [0.25, 0.3) is 0 Å². The monoisotopic (exact) mass is 256 g/mol. The quantitative estimate of drug-likeness (QED) is 0.719. The van der Waals surface area contributed by atoms with Crippen molar-refractivity contribution in [3.8, 4) is 0 Å². The van der Waals surface area contributed by atoms with Crippen LogP contribution >= 0.6 is 0 Å². The smallest absolute Gasteiger partial charge is 0.402 e. The lowest BCUT2D eigenvalue weighted by molar-refractivity contribution is -0.199. The molecule has 19 heavy (non-hydrogen) atoms. The lowest BCUT2D eigenvalue weighted by Gasteiger charge is -2.64. The number of benzene rings is 1. The van der Waals surface area contributed by atoms with Gasteiger partial charge in [0.15, 0.2) is 0 Å². The van der Waals surface area contributed by atoms with Gasteiger partial charge in [-0.2, -0.15) is 0 Å². The second-order valence-corrected chi connectivity index (χ2v) is 7.21. The van der Waals surface area contributed by atoms with Crippen molar-refractivity contribution in [1.82, 2.24) is 0 Å². The molecule has 4 atom stereocenters. The minimum atomic E-state index is -0.175. The Balaban J connectivity index is 1.64. The molecule has 3 saturated carbocycles. The molecule has 1 aliphatic heterocycles. The van der Waals surface area contributed by atoms with Gasteiger partial charge in [0.2, 0.25) is 0 Å². The summed E-state index contributed by atoms with van der Waals surface area (Å²) in [5, 5.41) is 0. The van der Waals surface area contributed by atoms with Gasteiger partial charge in [-0.25, -0.2) is 0 Å². The molecule has 1 heterocycles. The van der Waals surface area contributed by atoms with Crippen LogP contribution in [0, 0.1) is 17.3 Å². The zero-order valence-corrected chi connectivity index (χ0v) is 11.9. The van der Waals surface area contributed by atoms with Gasteiger partial charge in [0, 0.05) is 0 Å². The summed E-state index contributed by atoms with van der Waals surface area (Å²) in [7, 11) is -0.175. The summed E-state index contributed by atoms with van der Waals surface area (Å²) >= 11 is 0. The Morgan fingerprint density at radius 3 is 2.53 bits per heavy atom. The molecule has 0 N–H and O–H groups in total.